The molecule has 3 aromatic rings. The molecule has 0 aliphatic rings. The number of hydrogen-bond donors (Lipinski definition) is 1. The van der Waals surface area contributed by atoms with Crippen LogP contribution in [0.5, 0.6) is 0 Å². The molecule has 0 saturated carbocycles. The Morgan fingerprint density at radius 2 is 1.96 bits per heavy atom. The Morgan fingerprint density at radius 3 is 2.69 bits per heavy atom. The van der Waals surface area contributed by atoms with E-state index in [-0.39, 0.29) is 22.5 Å². The average molecular weight is 396 g/mol. The first-order chi connectivity index (χ1) is 12.5. The van der Waals surface area contributed by atoms with Crippen molar-refractivity contribution in [3.05, 3.63) is 65.0 Å². The second-order valence-electron chi connectivity index (χ2n) is 5.19. The molecule has 0 spiro atoms. The van der Waals surface area contributed by atoms with Crippen LogP contribution in [0.1, 0.15) is 5.89 Å². The second-order valence-corrected chi connectivity index (χ2v) is 6.58. The van der Waals surface area contributed by atoms with Crippen molar-refractivity contribution < 1.29 is 18.1 Å². The molecule has 1 heterocycles. The fourth-order valence-corrected chi connectivity index (χ4v) is 2.86. The molecule has 1 N–H and O–H groups in total. The van der Waals surface area contributed by atoms with E-state index in [1.165, 1.54) is 42.1 Å². The summed E-state index contributed by atoms with van der Waals surface area (Å²) >= 11 is 6.94. The van der Waals surface area contributed by atoms with Gasteiger partial charge in [0.25, 0.3) is 0 Å². The second kappa shape index (κ2) is 8.29. The molecule has 0 aliphatic carbocycles. The van der Waals surface area contributed by atoms with Gasteiger partial charge in [0.1, 0.15) is 11.6 Å². The Bertz CT molecular complexity index is 919. The Hall–Kier alpha value is -2.45. The number of thioether (sulfide) groups is 1. The van der Waals surface area contributed by atoms with E-state index in [4.69, 9.17) is 16.1 Å². The number of carbonyl (C=O) groups excluding carboxylic acids is 1. The minimum atomic E-state index is -0.549. The zero-order valence-electron chi connectivity index (χ0n) is 13.2. The van der Waals surface area contributed by atoms with Gasteiger partial charge in [-0.15, -0.1) is 11.8 Å². The highest BCUT2D eigenvalue weighted by molar-refractivity contribution is 7.99. The first-order valence-electron chi connectivity index (χ1n) is 7.42. The van der Waals surface area contributed by atoms with Crippen molar-refractivity contribution in [2.75, 3.05) is 11.1 Å². The molecule has 0 unspecified atom stereocenters. The van der Waals surface area contributed by atoms with E-state index in [2.05, 4.69) is 15.5 Å². The van der Waals surface area contributed by atoms with E-state index >= 15 is 0 Å². The molecular formula is C17H12ClF2N3O2S. The molecule has 0 bridgehead atoms. The quantitative estimate of drug-likeness (QED) is 0.663. The lowest BCUT2D eigenvalue weighted by molar-refractivity contribution is -0.113. The fourth-order valence-electron chi connectivity index (χ4n) is 2.03. The Balaban J connectivity index is 1.49. The van der Waals surface area contributed by atoms with Crippen LogP contribution in [0.4, 0.5) is 14.5 Å². The molecule has 1 amide bonds. The lowest BCUT2D eigenvalue weighted by Gasteiger charge is -2.05. The number of amides is 1. The predicted molar refractivity (Wildman–Crippen MR) is 95.9 cm³/mol. The zero-order valence-corrected chi connectivity index (χ0v) is 14.8. The van der Waals surface area contributed by atoms with Gasteiger partial charge in [-0.25, -0.2) is 8.78 Å². The summed E-state index contributed by atoms with van der Waals surface area (Å²) in [7, 11) is 0. The number of hydrogen-bond acceptors (Lipinski definition) is 5. The number of rotatable bonds is 6. The fraction of sp³-hybridized carbons (Fsp3) is 0.118. The standard InChI is InChI=1S/C17H12ClF2N3O2S/c18-13-7-12(5-6-14(13)20)21-15(24)8-26-9-16-22-17(23-25-16)10-1-3-11(19)4-2-10/h1-7H,8-9H2,(H,21,24). The van der Waals surface area contributed by atoms with Crippen molar-refractivity contribution in [2.45, 2.75) is 5.75 Å². The van der Waals surface area contributed by atoms with Crippen molar-refractivity contribution in [1.82, 2.24) is 10.1 Å². The van der Waals surface area contributed by atoms with E-state index in [0.29, 0.717) is 28.7 Å². The van der Waals surface area contributed by atoms with Gasteiger partial charge in [0.05, 0.1) is 16.5 Å². The van der Waals surface area contributed by atoms with Crippen molar-refractivity contribution in [2.24, 2.45) is 0 Å². The summed E-state index contributed by atoms with van der Waals surface area (Å²) < 4.78 is 31.1. The third kappa shape index (κ3) is 4.80. The summed E-state index contributed by atoms with van der Waals surface area (Å²) in [5.74, 6) is 0.0254. The number of nitrogens with one attached hydrogen (secondary N) is 1. The molecule has 0 aliphatic heterocycles. The highest BCUT2D eigenvalue weighted by Crippen LogP contribution is 2.21. The highest BCUT2D eigenvalue weighted by atomic mass is 35.5. The smallest absolute Gasteiger partial charge is 0.236 e. The Labute approximate surface area is 156 Å². The molecule has 5 nitrogen and oxygen atoms in total. The van der Waals surface area contributed by atoms with Gasteiger partial charge in [-0.05, 0) is 42.5 Å². The third-order valence-electron chi connectivity index (χ3n) is 3.23. The summed E-state index contributed by atoms with van der Waals surface area (Å²) in [6.07, 6.45) is 0. The lowest BCUT2D eigenvalue weighted by Crippen LogP contribution is -2.14. The predicted octanol–water partition coefficient (Wildman–Crippen LogP) is 4.54. The number of halogens is 3. The van der Waals surface area contributed by atoms with Gasteiger partial charge in [0.15, 0.2) is 0 Å². The molecule has 0 radical (unpaired) electrons. The molecular weight excluding hydrogens is 384 g/mol. The van der Waals surface area contributed by atoms with E-state index in [1.807, 2.05) is 0 Å². The van der Waals surface area contributed by atoms with Crippen LogP contribution in [0.25, 0.3) is 11.4 Å². The summed E-state index contributed by atoms with van der Waals surface area (Å²) in [6.45, 7) is 0. The van der Waals surface area contributed by atoms with Crippen molar-refractivity contribution >= 4 is 35.0 Å². The van der Waals surface area contributed by atoms with Crippen molar-refractivity contribution in [1.29, 1.82) is 0 Å². The molecule has 9 heteroatoms. The Kier molecular flexibility index (Phi) is 5.85. The van der Waals surface area contributed by atoms with Crippen LogP contribution in [0.15, 0.2) is 47.0 Å². The number of anilines is 1. The SMILES string of the molecule is O=C(CSCc1nc(-c2ccc(F)cc2)no1)Nc1ccc(F)c(Cl)c1. The van der Waals surface area contributed by atoms with E-state index in [0.717, 1.165) is 0 Å². The summed E-state index contributed by atoms with van der Waals surface area (Å²) in [5, 5.41) is 6.39. The average Bonchev–Trinajstić information content (AvgIpc) is 3.08. The van der Waals surface area contributed by atoms with Gasteiger partial charge < -0.3 is 9.84 Å². The largest absolute Gasteiger partial charge is 0.338 e. The van der Waals surface area contributed by atoms with E-state index in [1.54, 1.807) is 12.1 Å². The molecule has 26 heavy (non-hydrogen) atoms. The van der Waals surface area contributed by atoms with Gasteiger partial charge in [-0.2, -0.15) is 4.98 Å². The number of carbonyl (C=O) groups is 1. The minimum absolute atomic E-state index is 0.0605. The number of nitrogens with zero attached hydrogens (tertiary/aromatic N) is 2. The number of aromatic nitrogens is 2. The molecule has 0 saturated heterocycles. The summed E-state index contributed by atoms with van der Waals surface area (Å²) in [5.41, 5.74) is 1.05. The zero-order chi connectivity index (χ0) is 18.5. The van der Waals surface area contributed by atoms with Crippen LogP contribution < -0.4 is 5.32 Å². The molecule has 134 valence electrons. The van der Waals surface area contributed by atoms with Crippen molar-refractivity contribution in [3.8, 4) is 11.4 Å². The lowest BCUT2D eigenvalue weighted by atomic mass is 10.2. The van der Waals surface area contributed by atoms with Gasteiger partial charge in [0.2, 0.25) is 17.6 Å². The molecule has 2 aromatic carbocycles. The summed E-state index contributed by atoms with van der Waals surface area (Å²) in [4.78, 5) is 16.1. The first-order valence-corrected chi connectivity index (χ1v) is 8.96. The highest BCUT2D eigenvalue weighted by Gasteiger charge is 2.10. The van der Waals surface area contributed by atoms with Crippen LogP contribution in [-0.2, 0) is 10.5 Å². The Morgan fingerprint density at radius 1 is 1.19 bits per heavy atom. The third-order valence-corrected chi connectivity index (χ3v) is 4.44. The maximum atomic E-state index is 13.1. The monoisotopic (exact) mass is 395 g/mol. The van der Waals surface area contributed by atoms with Gasteiger partial charge >= 0.3 is 0 Å². The van der Waals surface area contributed by atoms with Crippen LogP contribution in [-0.4, -0.2) is 21.8 Å². The van der Waals surface area contributed by atoms with E-state index < -0.39 is 5.82 Å². The normalized spacial score (nSPS) is 10.7. The van der Waals surface area contributed by atoms with Crippen molar-refractivity contribution in [3.63, 3.8) is 0 Å². The van der Waals surface area contributed by atoms with E-state index in [9.17, 15) is 13.6 Å². The molecule has 1 aromatic heterocycles. The first kappa shape index (κ1) is 18.3. The maximum absolute atomic E-state index is 13.1. The van der Waals surface area contributed by atoms with Crippen LogP contribution in [0.2, 0.25) is 5.02 Å². The summed E-state index contributed by atoms with van der Waals surface area (Å²) in [6, 6.07) is 9.68. The topological polar surface area (TPSA) is 68.0 Å². The minimum Gasteiger partial charge on any atom is -0.338 e. The van der Waals surface area contributed by atoms with Crippen LogP contribution in [0, 0.1) is 11.6 Å². The van der Waals surface area contributed by atoms with Crippen LogP contribution >= 0.6 is 23.4 Å². The number of benzene rings is 2. The van der Waals surface area contributed by atoms with Crippen LogP contribution in [0.3, 0.4) is 0 Å². The molecule has 0 atom stereocenters. The molecule has 3 rings (SSSR count). The van der Waals surface area contributed by atoms with Gasteiger partial charge in [-0.3, -0.25) is 4.79 Å². The molecule has 0 fully saturated rings. The van der Waals surface area contributed by atoms with Gasteiger partial charge in [-0.1, -0.05) is 16.8 Å². The maximum Gasteiger partial charge on any atom is 0.236 e. The van der Waals surface area contributed by atoms with Gasteiger partial charge in [0, 0.05) is 11.3 Å².